The van der Waals surface area contributed by atoms with Crippen molar-refractivity contribution in [2.75, 3.05) is 29.5 Å². The average molecular weight is 251 g/mol. The lowest BCUT2D eigenvalue weighted by atomic mass is 10.2. The van der Waals surface area contributed by atoms with Gasteiger partial charge in [0.05, 0.1) is 0 Å². The Morgan fingerprint density at radius 3 is 3.00 bits per heavy atom. The molecule has 2 rings (SSSR count). The zero-order chi connectivity index (χ0) is 12.1. The Morgan fingerprint density at radius 1 is 1.35 bits per heavy atom. The minimum Gasteiger partial charge on any atom is -0.356 e. The Kier molecular flexibility index (Phi) is 4.68. The first-order chi connectivity index (χ1) is 8.33. The van der Waals surface area contributed by atoms with Gasteiger partial charge in [0, 0.05) is 31.1 Å². The van der Waals surface area contributed by atoms with Gasteiger partial charge in [0.2, 0.25) is 0 Å². The van der Waals surface area contributed by atoms with Gasteiger partial charge in [-0.2, -0.15) is 11.8 Å². The van der Waals surface area contributed by atoms with E-state index in [0.29, 0.717) is 6.54 Å². The van der Waals surface area contributed by atoms with Crippen LogP contribution in [0, 0.1) is 0 Å². The van der Waals surface area contributed by atoms with Gasteiger partial charge in [-0.1, -0.05) is 6.92 Å². The molecule has 3 nitrogen and oxygen atoms in total. The number of pyridine rings is 1. The van der Waals surface area contributed by atoms with Crippen molar-refractivity contribution in [1.29, 1.82) is 0 Å². The van der Waals surface area contributed by atoms with Gasteiger partial charge in [0.25, 0.3) is 0 Å². The number of thioether (sulfide) groups is 1. The second-order valence-corrected chi connectivity index (χ2v) is 5.56. The molecular weight excluding hydrogens is 230 g/mol. The number of nitrogens with two attached hydrogens (primary N) is 1. The Labute approximate surface area is 108 Å². The van der Waals surface area contributed by atoms with E-state index < -0.39 is 0 Å². The maximum absolute atomic E-state index is 5.75. The van der Waals surface area contributed by atoms with Gasteiger partial charge in [-0.3, -0.25) is 0 Å². The molecule has 1 fully saturated rings. The lowest BCUT2D eigenvalue weighted by Gasteiger charge is -2.22. The SMILES string of the molecule is CCc1cc(CN)cc(N2CCCSCC2)n1. The van der Waals surface area contributed by atoms with Gasteiger partial charge in [-0.25, -0.2) is 4.98 Å². The fraction of sp³-hybridized carbons (Fsp3) is 0.615. The molecule has 0 bridgehead atoms. The van der Waals surface area contributed by atoms with Gasteiger partial charge in [0.15, 0.2) is 0 Å². The van der Waals surface area contributed by atoms with Crippen LogP contribution in [0.15, 0.2) is 12.1 Å². The molecule has 1 aromatic heterocycles. The van der Waals surface area contributed by atoms with E-state index in [0.717, 1.165) is 31.0 Å². The first-order valence-electron chi connectivity index (χ1n) is 6.36. The summed E-state index contributed by atoms with van der Waals surface area (Å²) in [5, 5.41) is 0. The number of hydrogen-bond donors (Lipinski definition) is 1. The number of aromatic nitrogens is 1. The predicted molar refractivity (Wildman–Crippen MR) is 75.7 cm³/mol. The summed E-state index contributed by atoms with van der Waals surface area (Å²) in [6.07, 6.45) is 2.23. The Morgan fingerprint density at radius 2 is 2.24 bits per heavy atom. The monoisotopic (exact) mass is 251 g/mol. The third kappa shape index (κ3) is 3.36. The van der Waals surface area contributed by atoms with E-state index >= 15 is 0 Å². The highest BCUT2D eigenvalue weighted by Crippen LogP contribution is 2.19. The Hall–Kier alpha value is -0.740. The van der Waals surface area contributed by atoms with Crippen molar-refractivity contribution < 1.29 is 0 Å². The van der Waals surface area contributed by atoms with Crippen molar-refractivity contribution in [3.63, 3.8) is 0 Å². The summed E-state index contributed by atoms with van der Waals surface area (Å²) in [6.45, 7) is 4.97. The first-order valence-corrected chi connectivity index (χ1v) is 7.51. The fourth-order valence-electron chi connectivity index (χ4n) is 2.07. The molecule has 0 atom stereocenters. The van der Waals surface area contributed by atoms with E-state index in [1.165, 1.54) is 23.5 Å². The van der Waals surface area contributed by atoms with Gasteiger partial charge < -0.3 is 10.6 Å². The van der Waals surface area contributed by atoms with Crippen LogP contribution in [-0.4, -0.2) is 29.6 Å². The van der Waals surface area contributed by atoms with Crippen LogP contribution in [0.2, 0.25) is 0 Å². The second kappa shape index (κ2) is 6.26. The molecule has 1 aliphatic rings. The minimum absolute atomic E-state index is 0.602. The molecule has 0 saturated carbocycles. The normalized spacial score (nSPS) is 16.9. The molecule has 0 aliphatic carbocycles. The molecule has 2 heterocycles. The molecule has 1 saturated heterocycles. The second-order valence-electron chi connectivity index (χ2n) is 4.34. The van der Waals surface area contributed by atoms with Crippen molar-refractivity contribution in [1.82, 2.24) is 4.98 Å². The predicted octanol–water partition coefficient (Wildman–Crippen LogP) is 2.05. The zero-order valence-electron chi connectivity index (χ0n) is 10.5. The number of rotatable bonds is 3. The number of aryl methyl sites for hydroxylation is 1. The van der Waals surface area contributed by atoms with E-state index in [9.17, 15) is 0 Å². The third-order valence-corrected chi connectivity index (χ3v) is 4.12. The Balaban J connectivity index is 2.22. The quantitative estimate of drug-likeness (QED) is 0.893. The molecule has 4 heteroatoms. The topological polar surface area (TPSA) is 42.1 Å². The van der Waals surface area contributed by atoms with E-state index in [1.807, 2.05) is 11.8 Å². The maximum Gasteiger partial charge on any atom is 0.129 e. The lowest BCUT2D eigenvalue weighted by molar-refractivity contribution is 0.793. The van der Waals surface area contributed by atoms with Gasteiger partial charge in [-0.15, -0.1) is 0 Å². The summed E-state index contributed by atoms with van der Waals surface area (Å²) in [7, 11) is 0. The highest BCUT2D eigenvalue weighted by Gasteiger charge is 2.12. The summed E-state index contributed by atoms with van der Waals surface area (Å²) in [5.41, 5.74) is 8.10. The molecule has 17 heavy (non-hydrogen) atoms. The standard InChI is InChI=1S/C13H21N3S/c1-2-12-8-11(10-14)9-13(15-12)16-4-3-6-17-7-5-16/h8-9H,2-7,10,14H2,1H3. The van der Waals surface area contributed by atoms with E-state index in [1.54, 1.807) is 0 Å². The average Bonchev–Trinajstić information content (AvgIpc) is 2.67. The van der Waals surface area contributed by atoms with Gasteiger partial charge in [-0.05, 0) is 36.3 Å². The summed E-state index contributed by atoms with van der Waals surface area (Å²) < 4.78 is 0. The van der Waals surface area contributed by atoms with E-state index in [4.69, 9.17) is 10.7 Å². The molecule has 94 valence electrons. The van der Waals surface area contributed by atoms with Crippen molar-refractivity contribution in [2.45, 2.75) is 26.3 Å². The Bertz CT molecular complexity index is 337. The molecule has 0 unspecified atom stereocenters. The van der Waals surface area contributed by atoms with Crippen LogP contribution in [0.5, 0.6) is 0 Å². The summed E-state index contributed by atoms with van der Waals surface area (Å²) in [5.74, 6) is 3.59. The molecule has 0 aromatic carbocycles. The van der Waals surface area contributed by atoms with Crippen LogP contribution in [0.25, 0.3) is 0 Å². The molecule has 0 amide bonds. The van der Waals surface area contributed by atoms with Gasteiger partial charge >= 0.3 is 0 Å². The molecule has 0 spiro atoms. The highest BCUT2D eigenvalue weighted by molar-refractivity contribution is 7.99. The summed E-state index contributed by atoms with van der Waals surface area (Å²) in [4.78, 5) is 7.13. The molecular formula is C13H21N3S. The minimum atomic E-state index is 0.602. The molecule has 1 aliphatic heterocycles. The largest absolute Gasteiger partial charge is 0.356 e. The van der Waals surface area contributed by atoms with Crippen molar-refractivity contribution in [3.8, 4) is 0 Å². The van der Waals surface area contributed by atoms with Crippen LogP contribution < -0.4 is 10.6 Å². The lowest BCUT2D eigenvalue weighted by Crippen LogP contribution is -2.27. The summed E-state index contributed by atoms with van der Waals surface area (Å²) in [6, 6.07) is 4.27. The van der Waals surface area contributed by atoms with Crippen molar-refractivity contribution >= 4 is 17.6 Å². The number of anilines is 1. The maximum atomic E-state index is 5.75. The fourth-order valence-corrected chi connectivity index (χ4v) is 2.96. The zero-order valence-corrected chi connectivity index (χ0v) is 11.3. The number of nitrogens with zero attached hydrogens (tertiary/aromatic N) is 2. The van der Waals surface area contributed by atoms with Crippen LogP contribution in [0.1, 0.15) is 24.6 Å². The molecule has 1 aromatic rings. The first kappa shape index (κ1) is 12.7. The van der Waals surface area contributed by atoms with Crippen LogP contribution in [0.3, 0.4) is 0 Å². The third-order valence-electron chi connectivity index (χ3n) is 3.07. The van der Waals surface area contributed by atoms with Crippen molar-refractivity contribution in [2.24, 2.45) is 5.73 Å². The smallest absolute Gasteiger partial charge is 0.129 e. The van der Waals surface area contributed by atoms with E-state index in [-0.39, 0.29) is 0 Å². The van der Waals surface area contributed by atoms with Gasteiger partial charge in [0.1, 0.15) is 5.82 Å². The van der Waals surface area contributed by atoms with E-state index in [2.05, 4.69) is 24.0 Å². The van der Waals surface area contributed by atoms with Crippen LogP contribution >= 0.6 is 11.8 Å². The molecule has 2 N–H and O–H groups in total. The van der Waals surface area contributed by atoms with Crippen LogP contribution in [0.4, 0.5) is 5.82 Å². The van der Waals surface area contributed by atoms with Crippen molar-refractivity contribution in [3.05, 3.63) is 23.4 Å². The summed E-state index contributed by atoms with van der Waals surface area (Å²) >= 11 is 2.04. The number of hydrogen-bond acceptors (Lipinski definition) is 4. The van der Waals surface area contributed by atoms with Crippen LogP contribution in [-0.2, 0) is 13.0 Å². The highest BCUT2D eigenvalue weighted by atomic mass is 32.2. The molecule has 0 radical (unpaired) electrons.